The Morgan fingerprint density at radius 2 is 1.71 bits per heavy atom. The van der Waals surface area contributed by atoms with Crippen molar-refractivity contribution < 1.29 is 13.3 Å². The lowest BCUT2D eigenvalue weighted by Gasteiger charge is -2.29. The SMILES string of the molecule is Cc1ccc(S(=O)(=O)N(c2ccc([N+](=O)[O-])cc2Cl)C(C)C)cc1. The molecule has 0 atom stereocenters. The van der Waals surface area contributed by atoms with Gasteiger partial charge >= 0.3 is 0 Å². The second kappa shape index (κ2) is 6.78. The third kappa shape index (κ3) is 3.52. The van der Waals surface area contributed by atoms with Crippen molar-refractivity contribution in [2.24, 2.45) is 0 Å². The first-order valence-corrected chi connectivity index (χ1v) is 9.01. The molecular weight excluding hydrogens is 352 g/mol. The zero-order valence-electron chi connectivity index (χ0n) is 13.4. The number of anilines is 1. The first-order valence-electron chi connectivity index (χ1n) is 7.19. The highest BCUT2D eigenvalue weighted by molar-refractivity contribution is 7.92. The van der Waals surface area contributed by atoms with Gasteiger partial charge < -0.3 is 0 Å². The molecule has 0 fully saturated rings. The summed E-state index contributed by atoms with van der Waals surface area (Å²) in [5, 5.41) is 10.8. The van der Waals surface area contributed by atoms with E-state index < -0.39 is 21.0 Å². The van der Waals surface area contributed by atoms with E-state index in [4.69, 9.17) is 11.6 Å². The van der Waals surface area contributed by atoms with Crippen molar-refractivity contribution in [2.45, 2.75) is 31.7 Å². The number of non-ortho nitro benzene ring substituents is 1. The molecule has 24 heavy (non-hydrogen) atoms. The van der Waals surface area contributed by atoms with Gasteiger partial charge in [0.05, 0.1) is 20.5 Å². The molecule has 0 unspecified atom stereocenters. The van der Waals surface area contributed by atoms with Crippen LogP contribution in [0.15, 0.2) is 47.4 Å². The number of nitro benzene ring substituents is 1. The normalized spacial score (nSPS) is 11.5. The Labute approximate surface area is 145 Å². The number of sulfonamides is 1. The van der Waals surface area contributed by atoms with Gasteiger partial charge in [0.15, 0.2) is 0 Å². The van der Waals surface area contributed by atoms with Crippen LogP contribution in [0, 0.1) is 17.0 Å². The summed E-state index contributed by atoms with van der Waals surface area (Å²) in [4.78, 5) is 10.4. The van der Waals surface area contributed by atoms with E-state index in [1.165, 1.54) is 28.6 Å². The van der Waals surface area contributed by atoms with Crippen molar-refractivity contribution in [3.63, 3.8) is 0 Å². The van der Waals surface area contributed by atoms with Gasteiger partial charge in [0.25, 0.3) is 15.7 Å². The highest BCUT2D eigenvalue weighted by atomic mass is 35.5. The lowest BCUT2D eigenvalue weighted by atomic mass is 10.2. The minimum atomic E-state index is -3.85. The third-order valence-electron chi connectivity index (χ3n) is 3.43. The molecule has 0 aliphatic carbocycles. The summed E-state index contributed by atoms with van der Waals surface area (Å²) in [7, 11) is -3.85. The van der Waals surface area contributed by atoms with Crippen LogP contribution in [0.25, 0.3) is 0 Å². The van der Waals surface area contributed by atoms with Gasteiger partial charge in [-0.3, -0.25) is 14.4 Å². The van der Waals surface area contributed by atoms with Crippen molar-refractivity contribution in [3.05, 3.63) is 63.2 Å². The van der Waals surface area contributed by atoms with Gasteiger partial charge in [0.1, 0.15) is 0 Å². The van der Waals surface area contributed by atoms with E-state index in [-0.39, 0.29) is 21.3 Å². The van der Waals surface area contributed by atoms with E-state index >= 15 is 0 Å². The number of benzene rings is 2. The number of nitro groups is 1. The van der Waals surface area contributed by atoms with Crippen molar-refractivity contribution in [3.8, 4) is 0 Å². The van der Waals surface area contributed by atoms with Crippen LogP contribution in [0.4, 0.5) is 11.4 Å². The Bertz CT molecular complexity index is 864. The zero-order valence-corrected chi connectivity index (χ0v) is 15.0. The van der Waals surface area contributed by atoms with Crippen molar-refractivity contribution in [1.82, 2.24) is 0 Å². The quantitative estimate of drug-likeness (QED) is 0.586. The summed E-state index contributed by atoms with van der Waals surface area (Å²) in [6, 6.07) is 9.80. The van der Waals surface area contributed by atoms with Gasteiger partial charge in [0.2, 0.25) is 0 Å². The topological polar surface area (TPSA) is 80.5 Å². The highest BCUT2D eigenvalue weighted by Gasteiger charge is 2.29. The van der Waals surface area contributed by atoms with Crippen LogP contribution in [0.1, 0.15) is 19.4 Å². The van der Waals surface area contributed by atoms with Gasteiger partial charge in [-0.25, -0.2) is 8.42 Å². The molecule has 0 saturated heterocycles. The predicted molar refractivity (Wildman–Crippen MR) is 94.1 cm³/mol. The minimum Gasteiger partial charge on any atom is -0.262 e. The summed E-state index contributed by atoms with van der Waals surface area (Å²) < 4.78 is 27.2. The maximum Gasteiger partial charge on any atom is 0.271 e. The molecule has 0 aliphatic rings. The van der Waals surface area contributed by atoms with E-state index in [0.717, 1.165) is 11.6 Å². The van der Waals surface area contributed by atoms with Crippen molar-refractivity contribution in [2.75, 3.05) is 4.31 Å². The molecule has 0 spiro atoms. The maximum absolute atomic E-state index is 13.0. The minimum absolute atomic E-state index is 0.00795. The molecule has 0 N–H and O–H groups in total. The van der Waals surface area contributed by atoms with Gasteiger partial charge in [-0.15, -0.1) is 0 Å². The second-order valence-electron chi connectivity index (χ2n) is 5.60. The standard InChI is InChI=1S/C16H17ClN2O4S/c1-11(2)18(16-9-6-13(19(20)21)10-15(16)17)24(22,23)14-7-4-12(3)5-8-14/h4-11H,1-3H3. The molecular formula is C16H17ClN2O4S. The van der Waals surface area contributed by atoms with Crippen LogP contribution in [-0.4, -0.2) is 19.4 Å². The van der Waals surface area contributed by atoms with E-state index in [2.05, 4.69) is 0 Å². The van der Waals surface area contributed by atoms with Gasteiger partial charge in [-0.1, -0.05) is 29.3 Å². The van der Waals surface area contributed by atoms with Crippen molar-refractivity contribution >= 4 is 33.0 Å². The molecule has 0 heterocycles. The molecule has 128 valence electrons. The smallest absolute Gasteiger partial charge is 0.262 e. The monoisotopic (exact) mass is 368 g/mol. The van der Waals surface area contributed by atoms with Crippen molar-refractivity contribution in [1.29, 1.82) is 0 Å². The summed E-state index contributed by atoms with van der Waals surface area (Å²) in [6.07, 6.45) is 0. The first-order chi connectivity index (χ1) is 11.1. The Morgan fingerprint density at radius 1 is 1.12 bits per heavy atom. The van der Waals surface area contributed by atoms with Crippen LogP contribution in [0.3, 0.4) is 0 Å². The molecule has 0 saturated carbocycles. The predicted octanol–water partition coefficient (Wildman–Crippen LogP) is 4.16. The molecule has 0 aromatic heterocycles. The number of halogens is 1. The van der Waals surface area contributed by atoms with Crippen LogP contribution < -0.4 is 4.31 Å². The molecule has 8 heteroatoms. The Morgan fingerprint density at radius 3 is 2.17 bits per heavy atom. The molecule has 0 radical (unpaired) electrons. The number of nitrogens with zero attached hydrogens (tertiary/aromatic N) is 2. The van der Waals surface area contributed by atoms with Gasteiger partial charge in [0, 0.05) is 18.2 Å². The van der Waals surface area contributed by atoms with Crippen LogP contribution in [0.5, 0.6) is 0 Å². The Balaban J connectivity index is 2.58. The largest absolute Gasteiger partial charge is 0.271 e. The third-order valence-corrected chi connectivity index (χ3v) is 5.73. The lowest BCUT2D eigenvalue weighted by molar-refractivity contribution is -0.384. The maximum atomic E-state index is 13.0. The Hall–Kier alpha value is -2.12. The summed E-state index contributed by atoms with van der Waals surface area (Å²) in [5.41, 5.74) is 0.955. The number of rotatable bonds is 5. The highest BCUT2D eigenvalue weighted by Crippen LogP contribution is 2.34. The first kappa shape index (κ1) is 18.2. The molecule has 2 aromatic rings. The molecule has 2 rings (SSSR count). The van der Waals surface area contributed by atoms with E-state index in [9.17, 15) is 18.5 Å². The summed E-state index contributed by atoms with van der Waals surface area (Å²) in [6.45, 7) is 5.29. The molecule has 0 bridgehead atoms. The number of aryl methyl sites for hydroxylation is 1. The van der Waals surface area contributed by atoms with Crippen LogP contribution >= 0.6 is 11.6 Å². The summed E-state index contributed by atoms with van der Waals surface area (Å²) >= 11 is 6.12. The number of hydrogen-bond acceptors (Lipinski definition) is 4. The average molecular weight is 369 g/mol. The van der Waals surface area contributed by atoms with Gasteiger partial charge in [-0.2, -0.15) is 0 Å². The van der Waals surface area contributed by atoms with E-state index in [0.29, 0.717) is 0 Å². The lowest BCUT2D eigenvalue weighted by Crippen LogP contribution is -2.37. The molecule has 2 aromatic carbocycles. The van der Waals surface area contributed by atoms with Crippen LogP contribution in [-0.2, 0) is 10.0 Å². The Kier molecular flexibility index (Phi) is 5.15. The molecule has 6 nitrogen and oxygen atoms in total. The van der Waals surface area contributed by atoms with Crippen LogP contribution in [0.2, 0.25) is 5.02 Å². The summed E-state index contributed by atoms with van der Waals surface area (Å²) in [5.74, 6) is 0. The molecule has 0 amide bonds. The zero-order chi connectivity index (χ0) is 18.1. The van der Waals surface area contributed by atoms with E-state index in [1.807, 2.05) is 6.92 Å². The van der Waals surface area contributed by atoms with Gasteiger partial charge in [-0.05, 0) is 39.0 Å². The second-order valence-corrected chi connectivity index (χ2v) is 7.82. The average Bonchev–Trinajstić information content (AvgIpc) is 2.48. The molecule has 0 aliphatic heterocycles. The fourth-order valence-electron chi connectivity index (χ4n) is 2.30. The number of hydrogen-bond donors (Lipinski definition) is 0. The fourth-order valence-corrected chi connectivity index (χ4v) is 4.29. The fraction of sp³-hybridized carbons (Fsp3) is 0.250. The van der Waals surface area contributed by atoms with E-state index in [1.54, 1.807) is 26.0 Å².